The fourth-order valence-electron chi connectivity index (χ4n) is 7.09. The van der Waals surface area contributed by atoms with E-state index in [1.165, 1.54) is 77.0 Å². The summed E-state index contributed by atoms with van der Waals surface area (Å²) < 4.78 is 6.21. The van der Waals surface area contributed by atoms with Crippen LogP contribution >= 0.6 is 0 Å². The zero-order chi connectivity index (χ0) is 20.6. The number of hydrogen-bond acceptors (Lipinski definition) is 3. The summed E-state index contributed by atoms with van der Waals surface area (Å²) >= 11 is 0. The summed E-state index contributed by atoms with van der Waals surface area (Å²) in [6, 6.07) is 0. The van der Waals surface area contributed by atoms with Gasteiger partial charge in [0.1, 0.15) is 0 Å². The fourth-order valence-corrected chi connectivity index (χ4v) is 7.09. The van der Waals surface area contributed by atoms with E-state index in [0.29, 0.717) is 6.10 Å². The minimum atomic E-state index is -0.0255. The van der Waals surface area contributed by atoms with Crippen molar-refractivity contribution in [3.8, 4) is 0 Å². The van der Waals surface area contributed by atoms with E-state index >= 15 is 0 Å². The molecule has 3 nitrogen and oxygen atoms in total. The van der Waals surface area contributed by atoms with Crippen molar-refractivity contribution in [3.63, 3.8) is 0 Å². The van der Waals surface area contributed by atoms with Crippen molar-refractivity contribution in [3.05, 3.63) is 0 Å². The number of nitrogens with zero attached hydrogens (tertiary/aromatic N) is 1. The molecule has 3 aliphatic rings. The zero-order valence-corrected chi connectivity index (χ0v) is 19.7. The minimum absolute atomic E-state index is 0.0255. The summed E-state index contributed by atoms with van der Waals surface area (Å²) in [5, 5.41) is 10.1. The number of likely N-dealkylation sites (N-methyl/N-ethyl adjacent to an activating group) is 1. The monoisotopic (exact) mass is 407 g/mol. The highest BCUT2D eigenvalue weighted by Gasteiger charge is 2.41. The van der Waals surface area contributed by atoms with Crippen LogP contribution in [0.5, 0.6) is 0 Å². The van der Waals surface area contributed by atoms with Gasteiger partial charge >= 0.3 is 0 Å². The van der Waals surface area contributed by atoms with Crippen molar-refractivity contribution in [2.24, 2.45) is 29.6 Å². The minimum Gasteiger partial charge on any atom is -0.393 e. The average Bonchev–Trinajstić information content (AvgIpc) is 2.74. The Bertz CT molecular complexity index is 432. The molecule has 3 saturated carbocycles. The van der Waals surface area contributed by atoms with Gasteiger partial charge in [0.2, 0.25) is 0 Å². The van der Waals surface area contributed by atoms with E-state index in [1.54, 1.807) is 0 Å². The Morgan fingerprint density at radius 2 is 1.38 bits per heavy atom. The molecular formula is C26H49NO2. The Kier molecular flexibility index (Phi) is 9.78. The molecule has 0 bridgehead atoms. The van der Waals surface area contributed by atoms with Gasteiger partial charge in [0.25, 0.3) is 0 Å². The number of aliphatic hydroxyl groups is 1. The molecule has 0 aromatic heterocycles. The summed E-state index contributed by atoms with van der Waals surface area (Å²) in [7, 11) is 4.25. The zero-order valence-electron chi connectivity index (χ0n) is 19.7. The second kappa shape index (κ2) is 12.1. The molecule has 1 N–H and O–H groups in total. The van der Waals surface area contributed by atoms with Crippen LogP contribution in [0, 0.1) is 29.6 Å². The molecule has 3 rings (SSSR count). The van der Waals surface area contributed by atoms with Gasteiger partial charge in [-0.3, -0.25) is 0 Å². The number of hydrogen-bond donors (Lipinski definition) is 1. The Morgan fingerprint density at radius 3 is 1.93 bits per heavy atom. The average molecular weight is 408 g/mol. The van der Waals surface area contributed by atoms with Crippen molar-refractivity contribution in [1.29, 1.82) is 0 Å². The first-order chi connectivity index (χ1) is 14.1. The number of aliphatic hydroxyl groups excluding tert-OH is 1. The van der Waals surface area contributed by atoms with E-state index in [2.05, 4.69) is 25.9 Å². The quantitative estimate of drug-likeness (QED) is 0.517. The summed E-state index contributed by atoms with van der Waals surface area (Å²) in [6.45, 7) is 4.39. The predicted molar refractivity (Wildman–Crippen MR) is 122 cm³/mol. The van der Waals surface area contributed by atoms with Crippen molar-refractivity contribution >= 4 is 0 Å². The lowest BCUT2D eigenvalue weighted by Gasteiger charge is -2.47. The Morgan fingerprint density at radius 1 is 0.793 bits per heavy atom. The van der Waals surface area contributed by atoms with Crippen LogP contribution in [0.4, 0.5) is 0 Å². The van der Waals surface area contributed by atoms with Gasteiger partial charge in [-0.1, -0.05) is 45.4 Å². The Labute approximate surface area is 181 Å². The molecule has 0 radical (unpaired) electrons. The maximum atomic E-state index is 10.1. The molecule has 0 aromatic carbocycles. The highest BCUT2D eigenvalue weighted by atomic mass is 16.5. The van der Waals surface area contributed by atoms with E-state index in [0.717, 1.165) is 55.6 Å². The van der Waals surface area contributed by atoms with Crippen LogP contribution in [0.15, 0.2) is 0 Å². The largest absolute Gasteiger partial charge is 0.393 e. The molecule has 2 unspecified atom stereocenters. The van der Waals surface area contributed by atoms with Crippen LogP contribution in [0.1, 0.15) is 96.8 Å². The smallest absolute Gasteiger partial charge is 0.0596 e. The van der Waals surface area contributed by atoms with Gasteiger partial charge < -0.3 is 14.7 Å². The van der Waals surface area contributed by atoms with Crippen LogP contribution in [-0.4, -0.2) is 49.5 Å². The molecule has 0 aromatic rings. The van der Waals surface area contributed by atoms with Gasteiger partial charge in [0.15, 0.2) is 0 Å². The summed E-state index contributed by atoms with van der Waals surface area (Å²) in [6.07, 6.45) is 19.1. The van der Waals surface area contributed by atoms with Crippen LogP contribution in [0.2, 0.25) is 0 Å². The van der Waals surface area contributed by atoms with Gasteiger partial charge in [-0.15, -0.1) is 0 Å². The van der Waals surface area contributed by atoms with Gasteiger partial charge in [-0.25, -0.2) is 0 Å². The van der Waals surface area contributed by atoms with Crippen molar-refractivity contribution in [2.45, 2.75) is 109 Å². The number of ether oxygens (including phenoxy) is 1. The first-order valence-electron chi connectivity index (χ1n) is 13.0. The lowest BCUT2D eigenvalue weighted by atomic mass is 9.59. The molecule has 2 atom stereocenters. The lowest BCUT2D eigenvalue weighted by Crippen LogP contribution is -2.40. The standard InChI is InChI=1S/C26H49NO2/c1-4-25(20-8-6-5-7-9-20)26(21-10-14-23(28)15-11-21)22-12-16-24(17-13-22)29-19-18-27(2)3/h20-26,28H,4-19H2,1-3H3. The third-order valence-electron chi connectivity index (χ3n) is 8.66. The third kappa shape index (κ3) is 6.94. The molecular weight excluding hydrogens is 358 g/mol. The van der Waals surface area contributed by atoms with Gasteiger partial charge in [-0.2, -0.15) is 0 Å². The first kappa shape index (κ1) is 23.5. The molecule has 3 aliphatic carbocycles. The van der Waals surface area contributed by atoms with E-state index < -0.39 is 0 Å². The van der Waals surface area contributed by atoms with Crippen LogP contribution in [0.25, 0.3) is 0 Å². The van der Waals surface area contributed by atoms with E-state index in [-0.39, 0.29) is 6.10 Å². The predicted octanol–water partition coefficient (Wildman–Crippen LogP) is 5.90. The SMILES string of the molecule is CCC(C1CCCCC1)C(C1CCC(O)CC1)C1CCC(OCCN(C)C)CC1. The molecule has 0 spiro atoms. The van der Waals surface area contributed by atoms with E-state index in [1.807, 2.05) is 0 Å². The van der Waals surface area contributed by atoms with Crippen molar-refractivity contribution < 1.29 is 9.84 Å². The van der Waals surface area contributed by atoms with Gasteiger partial charge in [0.05, 0.1) is 18.8 Å². The first-order valence-corrected chi connectivity index (χ1v) is 13.0. The Balaban J connectivity index is 1.62. The summed E-state index contributed by atoms with van der Waals surface area (Å²) in [5.74, 6) is 4.56. The van der Waals surface area contributed by atoms with Crippen LogP contribution in [-0.2, 0) is 4.74 Å². The topological polar surface area (TPSA) is 32.7 Å². The fraction of sp³-hybridized carbons (Fsp3) is 1.00. The number of rotatable bonds is 9. The van der Waals surface area contributed by atoms with Gasteiger partial charge in [0, 0.05) is 6.54 Å². The Hall–Kier alpha value is -0.120. The molecule has 0 amide bonds. The second-order valence-corrected chi connectivity index (χ2v) is 10.8. The third-order valence-corrected chi connectivity index (χ3v) is 8.66. The molecule has 0 aliphatic heterocycles. The maximum Gasteiger partial charge on any atom is 0.0596 e. The molecule has 170 valence electrons. The highest BCUT2D eigenvalue weighted by molar-refractivity contribution is 4.91. The molecule has 0 saturated heterocycles. The highest BCUT2D eigenvalue weighted by Crippen LogP contribution is 2.49. The van der Waals surface area contributed by atoms with Crippen LogP contribution < -0.4 is 0 Å². The van der Waals surface area contributed by atoms with Gasteiger partial charge in [-0.05, 0) is 95.1 Å². The van der Waals surface area contributed by atoms with Crippen LogP contribution in [0.3, 0.4) is 0 Å². The van der Waals surface area contributed by atoms with Crippen molar-refractivity contribution in [2.75, 3.05) is 27.2 Å². The molecule has 0 heterocycles. The molecule has 3 heteroatoms. The second-order valence-electron chi connectivity index (χ2n) is 10.8. The van der Waals surface area contributed by atoms with E-state index in [9.17, 15) is 5.11 Å². The normalized spacial score (nSPS) is 34.2. The summed E-state index contributed by atoms with van der Waals surface area (Å²) in [4.78, 5) is 2.22. The lowest BCUT2D eigenvalue weighted by molar-refractivity contribution is -0.0240. The molecule has 3 fully saturated rings. The van der Waals surface area contributed by atoms with Crippen molar-refractivity contribution in [1.82, 2.24) is 4.90 Å². The maximum absolute atomic E-state index is 10.1. The summed E-state index contributed by atoms with van der Waals surface area (Å²) in [5.41, 5.74) is 0. The van der Waals surface area contributed by atoms with E-state index in [4.69, 9.17) is 4.74 Å². The molecule has 29 heavy (non-hydrogen) atoms.